The van der Waals surface area contributed by atoms with E-state index in [1.807, 2.05) is 0 Å². The first-order valence-electron chi connectivity index (χ1n) is 4.81. The number of benzene rings is 1. The van der Waals surface area contributed by atoms with Crippen LogP contribution in [-0.4, -0.2) is 22.2 Å². The molecule has 16 heavy (non-hydrogen) atoms. The molecule has 82 valence electrons. The first-order valence-corrected chi connectivity index (χ1v) is 4.81. The Hall–Kier alpha value is -1.90. The van der Waals surface area contributed by atoms with Gasteiger partial charge >= 0.3 is 0 Å². The van der Waals surface area contributed by atoms with Gasteiger partial charge in [0.2, 0.25) is 0 Å². The van der Waals surface area contributed by atoms with Gasteiger partial charge in [0, 0.05) is 12.1 Å². The van der Waals surface area contributed by atoms with Gasteiger partial charge in [0.05, 0.1) is 6.07 Å². The summed E-state index contributed by atoms with van der Waals surface area (Å²) in [4.78, 5) is 11.4. The number of nitrogens with zero attached hydrogens (tertiary/aromatic N) is 1. The molecule has 1 aliphatic rings. The second-order valence-corrected chi connectivity index (χ2v) is 3.57. The molecule has 0 aliphatic carbocycles. The molecule has 0 saturated heterocycles. The highest BCUT2D eigenvalue weighted by Gasteiger charge is 2.27. The van der Waals surface area contributed by atoms with Gasteiger partial charge in [0.15, 0.2) is 6.10 Å². The average Bonchev–Trinajstić information content (AvgIpc) is 2.69. The molecule has 2 rings (SSSR count). The highest BCUT2D eigenvalue weighted by molar-refractivity contribution is 5.98. The van der Waals surface area contributed by atoms with Crippen LogP contribution in [0.1, 0.15) is 27.6 Å². The molecule has 0 radical (unpaired) electrons. The van der Waals surface area contributed by atoms with E-state index in [1.54, 1.807) is 24.3 Å². The topological polar surface area (TPSA) is 93.3 Å². The predicted octanol–water partition coefficient (Wildman–Crippen LogP) is -0.152. The van der Waals surface area contributed by atoms with Crippen molar-refractivity contribution in [2.24, 2.45) is 0 Å². The number of hydrogen-bond donors (Lipinski definition) is 3. The number of rotatable bonds is 2. The number of aliphatic hydroxyl groups is 2. The molecule has 1 aromatic carbocycles. The number of hydrogen-bond acceptors (Lipinski definition) is 4. The third-order valence-corrected chi connectivity index (χ3v) is 2.63. The van der Waals surface area contributed by atoms with Crippen molar-refractivity contribution in [1.29, 1.82) is 5.26 Å². The van der Waals surface area contributed by atoms with Crippen LogP contribution in [0.3, 0.4) is 0 Å². The fraction of sp³-hybridized carbons (Fsp3) is 0.273. The van der Waals surface area contributed by atoms with Crippen LogP contribution in [0, 0.1) is 11.3 Å². The molecule has 2 atom stereocenters. The summed E-state index contributed by atoms with van der Waals surface area (Å²) in [6.45, 7) is 0.319. The maximum atomic E-state index is 11.4. The molecule has 5 nitrogen and oxygen atoms in total. The summed E-state index contributed by atoms with van der Waals surface area (Å²) in [5.41, 5.74) is 1.56. The number of carbonyl (C=O) groups excluding carboxylic acids is 1. The number of aliphatic hydroxyl groups excluding tert-OH is 2. The van der Waals surface area contributed by atoms with Gasteiger partial charge in [-0.1, -0.05) is 12.1 Å². The normalized spacial score (nSPS) is 17.2. The van der Waals surface area contributed by atoms with Crippen molar-refractivity contribution < 1.29 is 15.0 Å². The summed E-state index contributed by atoms with van der Waals surface area (Å²) in [6.07, 6.45) is -2.77. The van der Waals surface area contributed by atoms with E-state index in [4.69, 9.17) is 5.26 Å². The summed E-state index contributed by atoms with van der Waals surface area (Å²) < 4.78 is 0. The molecule has 3 N–H and O–H groups in total. The van der Waals surface area contributed by atoms with Gasteiger partial charge in [0.25, 0.3) is 5.91 Å². The molecule has 0 bridgehead atoms. The molecular weight excluding hydrogens is 208 g/mol. The Morgan fingerprint density at radius 1 is 1.44 bits per heavy atom. The fourth-order valence-corrected chi connectivity index (χ4v) is 1.80. The Labute approximate surface area is 91.9 Å². The average molecular weight is 218 g/mol. The van der Waals surface area contributed by atoms with Gasteiger partial charge in [-0.05, 0) is 17.2 Å². The van der Waals surface area contributed by atoms with E-state index < -0.39 is 12.2 Å². The molecule has 0 spiro atoms. The molecule has 1 aromatic rings. The highest BCUT2D eigenvalue weighted by atomic mass is 16.3. The van der Waals surface area contributed by atoms with Crippen molar-refractivity contribution in [3.63, 3.8) is 0 Å². The third-order valence-electron chi connectivity index (χ3n) is 2.63. The number of carbonyl (C=O) groups is 1. The third kappa shape index (κ3) is 1.54. The SMILES string of the molecule is N#CC(O)C(O)c1cccc2c1CNC2=O. The quantitative estimate of drug-likeness (QED) is 0.602. The zero-order valence-corrected chi connectivity index (χ0v) is 8.34. The molecule has 5 heteroatoms. The maximum absolute atomic E-state index is 11.4. The van der Waals surface area contributed by atoms with Crippen LogP contribution < -0.4 is 5.32 Å². The van der Waals surface area contributed by atoms with Crippen LogP contribution in [0.15, 0.2) is 18.2 Å². The Bertz CT molecular complexity index is 479. The zero-order valence-electron chi connectivity index (χ0n) is 8.34. The molecule has 1 aliphatic heterocycles. The summed E-state index contributed by atoms with van der Waals surface area (Å²) in [6, 6.07) is 6.43. The monoisotopic (exact) mass is 218 g/mol. The minimum Gasteiger partial charge on any atom is -0.385 e. The largest absolute Gasteiger partial charge is 0.385 e. The molecule has 0 fully saturated rings. The van der Waals surface area contributed by atoms with E-state index in [0.717, 1.165) is 0 Å². The van der Waals surface area contributed by atoms with Crippen molar-refractivity contribution >= 4 is 5.91 Å². The zero-order chi connectivity index (χ0) is 11.7. The molecule has 1 amide bonds. The van der Waals surface area contributed by atoms with Gasteiger partial charge in [0.1, 0.15) is 6.10 Å². The minimum absolute atomic E-state index is 0.199. The van der Waals surface area contributed by atoms with Gasteiger partial charge < -0.3 is 15.5 Å². The summed E-state index contributed by atoms with van der Waals surface area (Å²) in [5.74, 6) is -0.199. The van der Waals surface area contributed by atoms with E-state index in [0.29, 0.717) is 23.2 Å². The van der Waals surface area contributed by atoms with Crippen molar-refractivity contribution in [2.75, 3.05) is 0 Å². The lowest BCUT2D eigenvalue weighted by atomic mass is 9.96. The minimum atomic E-state index is -1.48. The Balaban J connectivity index is 2.44. The van der Waals surface area contributed by atoms with Crippen LogP contribution in [0.25, 0.3) is 0 Å². The van der Waals surface area contributed by atoms with Crippen LogP contribution in [0.2, 0.25) is 0 Å². The smallest absolute Gasteiger partial charge is 0.251 e. The summed E-state index contributed by atoms with van der Waals surface area (Å²) in [5, 5.41) is 30.1. The van der Waals surface area contributed by atoms with Crippen molar-refractivity contribution in [1.82, 2.24) is 5.32 Å². The van der Waals surface area contributed by atoms with E-state index in [9.17, 15) is 15.0 Å². The number of nitriles is 1. The van der Waals surface area contributed by atoms with E-state index >= 15 is 0 Å². The van der Waals surface area contributed by atoms with Crippen LogP contribution in [-0.2, 0) is 6.54 Å². The molecule has 2 unspecified atom stereocenters. The highest BCUT2D eigenvalue weighted by Crippen LogP contribution is 2.26. The Kier molecular flexibility index (Phi) is 2.60. The van der Waals surface area contributed by atoms with E-state index in [1.165, 1.54) is 0 Å². The van der Waals surface area contributed by atoms with Gasteiger partial charge in [-0.2, -0.15) is 5.26 Å². The maximum Gasteiger partial charge on any atom is 0.251 e. The lowest BCUT2D eigenvalue weighted by Crippen LogP contribution is -2.17. The van der Waals surface area contributed by atoms with Crippen LogP contribution >= 0.6 is 0 Å². The van der Waals surface area contributed by atoms with Crippen LogP contribution in [0.5, 0.6) is 0 Å². The molecular formula is C11H10N2O3. The fourth-order valence-electron chi connectivity index (χ4n) is 1.80. The lowest BCUT2D eigenvalue weighted by Gasteiger charge is -2.14. The van der Waals surface area contributed by atoms with E-state index in [-0.39, 0.29) is 5.91 Å². The molecule has 0 saturated carbocycles. The van der Waals surface area contributed by atoms with Crippen molar-refractivity contribution in [3.8, 4) is 6.07 Å². The van der Waals surface area contributed by atoms with Gasteiger partial charge in [-0.3, -0.25) is 4.79 Å². The number of fused-ring (bicyclic) bond motifs is 1. The van der Waals surface area contributed by atoms with Crippen LogP contribution in [0.4, 0.5) is 0 Å². The van der Waals surface area contributed by atoms with E-state index in [2.05, 4.69) is 5.32 Å². The molecule has 0 aromatic heterocycles. The predicted molar refractivity (Wildman–Crippen MR) is 54.2 cm³/mol. The van der Waals surface area contributed by atoms with Gasteiger partial charge in [-0.25, -0.2) is 0 Å². The number of amides is 1. The second kappa shape index (κ2) is 3.93. The van der Waals surface area contributed by atoms with Gasteiger partial charge in [-0.15, -0.1) is 0 Å². The second-order valence-electron chi connectivity index (χ2n) is 3.57. The Morgan fingerprint density at radius 3 is 2.88 bits per heavy atom. The first-order chi connectivity index (χ1) is 7.65. The van der Waals surface area contributed by atoms with Crippen molar-refractivity contribution in [3.05, 3.63) is 34.9 Å². The number of nitrogens with one attached hydrogen (secondary N) is 1. The lowest BCUT2D eigenvalue weighted by molar-refractivity contribution is 0.0522. The Morgan fingerprint density at radius 2 is 2.19 bits per heavy atom. The molecule has 1 heterocycles. The van der Waals surface area contributed by atoms with Crippen molar-refractivity contribution in [2.45, 2.75) is 18.8 Å². The summed E-state index contributed by atoms with van der Waals surface area (Å²) in [7, 11) is 0. The standard InChI is InChI=1S/C11H10N2O3/c12-4-9(14)10(15)6-2-1-3-7-8(6)5-13-11(7)16/h1-3,9-10,14-15H,5H2,(H,13,16). The first kappa shape index (κ1) is 10.6. The summed E-state index contributed by atoms with van der Waals surface area (Å²) >= 11 is 0.